The minimum absolute atomic E-state index is 0.105. The molecular formula is C21H28N4O2S. The van der Waals surface area contributed by atoms with E-state index < -0.39 is 0 Å². The number of methoxy groups -OCH3 is 1. The second-order valence-corrected chi connectivity index (χ2v) is 8.52. The largest absolute Gasteiger partial charge is 0.496 e. The van der Waals surface area contributed by atoms with E-state index in [0.29, 0.717) is 11.7 Å². The lowest BCUT2D eigenvalue weighted by Crippen LogP contribution is -2.38. The minimum atomic E-state index is -0.190. The molecule has 1 aromatic carbocycles. The van der Waals surface area contributed by atoms with E-state index in [4.69, 9.17) is 4.74 Å². The summed E-state index contributed by atoms with van der Waals surface area (Å²) < 4.78 is 5.57. The molecule has 0 saturated carbocycles. The average molecular weight is 401 g/mol. The van der Waals surface area contributed by atoms with Crippen LogP contribution in [0.1, 0.15) is 47.9 Å². The molecule has 4 rings (SSSR count). The highest BCUT2D eigenvalue weighted by atomic mass is 32.1. The molecule has 7 heteroatoms. The van der Waals surface area contributed by atoms with Gasteiger partial charge in [0.1, 0.15) is 5.75 Å². The van der Waals surface area contributed by atoms with Crippen molar-refractivity contribution in [1.29, 1.82) is 0 Å². The highest BCUT2D eigenvalue weighted by Gasteiger charge is 2.26. The number of anilines is 1. The normalized spacial score (nSPS) is 17.8. The van der Waals surface area contributed by atoms with Crippen molar-refractivity contribution in [2.45, 2.75) is 44.6 Å². The smallest absolute Gasteiger partial charge is 0.321 e. The van der Waals surface area contributed by atoms with Crippen molar-refractivity contribution in [1.82, 2.24) is 15.2 Å². The number of aromatic nitrogens is 1. The lowest BCUT2D eigenvalue weighted by atomic mass is 10.0. The number of fused-ring (bicyclic) bond motifs is 1. The molecule has 1 unspecified atom stereocenters. The molecule has 0 radical (unpaired) electrons. The number of amides is 2. The summed E-state index contributed by atoms with van der Waals surface area (Å²) in [4.78, 5) is 20.9. The predicted molar refractivity (Wildman–Crippen MR) is 112 cm³/mol. The molecule has 6 nitrogen and oxygen atoms in total. The van der Waals surface area contributed by atoms with Crippen LogP contribution in [0.5, 0.6) is 5.75 Å². The van der Waals surface area contributed by atoms with Gasteiger partial charge in [-0.25, -0.2) is 9.78 Å². The Kier molecular flexibility index (Phi) is 6.12. The molecular weight excluding hydrogens is 372 g/mol. The number of benzene rings is 1. The molecule has 2 aromatic rings. The SMILES string of the molecule is COc1ccccc1C(CNC(=O)Nc1nc2c(s1)CCCC2)N1CCCC1. The Morgan fingerprint density at radius 3 is 2.79 bits per heavy atom. The maximum absolute atomic E-state index is 12.5. The van der Waals surface area contributed by atoms with Gasteiger partial charge in [0.25, 0.3) is 0 Å². The van der Waals surface area contributed by atoms with E-state index in [0.717, 1.165) is 42.9 Å². The Bertz CT molecular complexity index is 793. The number of thiazole rings is 1. The van der Waals surface area contributed by atoms with Gasteiger partial charge in [-0.05, 0) is 57.7 Å². The molecule has 0 bridgehead atoms. The number of nitrogens with zero attached hydrogens (tertiary/aromatic N) is 2. The first kappa shape index (κ1) is 19.2. The van der Waals surface area contributed by atoms with Gasteiger partial charge < -0.3 is 10.1 Å². The zero-order valence-corrected chi connectivity index (χ0v) is 17.2. The summed E-state index contributed by atoms with van der Waals surface area (Å²) in [5, 5.41) is 6.70. The Balaban J connectivity index is 1.42. The van der Waals surface area contributed by atoms with Crippen molar-refractivity contribution in [2.75, 3.05) is 32.1 Å². The lowest BCUT2D eigenvalue weighted by Gasteiger charge is -2.29. The van der Waals surface area contributed by atoms with E-state index in [1.54, 1.807) is 18.4 Å². The van der Waals surface area contributed by atoms with Gasteiger partial charge in [-0.15, -0.1) is 11.3 Å². The second kappa shape index (κ2) is 8.92. The second-order valence-electron chi connectivity index (χ2n) is 7.43. The number of hydrogen-bond acceptors (Lipinski definition) is 5. The van der Waals surface area contributed by atoms with E-state index in [1.165, 1.54) is 30.6 Å². The molecule has 150 valence electrons. The summed E-state index contributed by atoms with van der Waals surface area (Å²) in [6.45, 7) is 2.63. The lowest BCUT2D eigenvalue weighted by molar-refractivity contribution is 0.224. The monoisotopic (exact) mass is 400 g/mol. The van der Waals surface area contributed by atoms with Crippen LogP contribution in [0.3, 0.4) is 0 Å². The van der Waals surface area contributed by atoms with Crippen molar-refractivity contribution < 1.29 is 9.53 Å². The van der Waals surface area contributed by atoms with Crippen molar-refractivity contribution in [3.63, 3.8) is 0 Å². The number of carbonyl (C=O) groups is 1. The summed E-state index contributed by atoms with van der Waals surface area (Å²) in [7, 11) is 1.70. The van der Waals surface area contributed by atoms with E-state index >= 15 is 0 Å². The van der Waals surface area contributed by atoms with Gasteiger partial charge in [0.15, 0.2) is 5.13 Å². The van der Waals surface area contributed by atoms with Crippen LogP contribution in [0.25, 0.3) is 0 Å². The third kappa shape index (κ3) is 4.31. The number of likely N-dealkylation sites (tertiary alicyclic amines) is 1. The standard InChI is InChI=1S/C21H28N4O2S/c1-27-18-10-4-2-8-15(18)17(25-12-6-7-13-25)14-22-20(26)24-21-23-16-9-3-5-11-19(16)28-21/h2,4,8,10,17H,3,5-7,9,11-14H2,1H3,(H2,22,23,24,26). The Morgan fingerprint density at radius 2 is 2.00 bits per heavy atom. The topological polar surface area (TPSA) is 66.5 Å². The summed E-state index contributed by atoms with van der Waals surface area (Å²) in [6, 6.07) is 8.00. The number of aryl methyl sites for hydroxylation is 2. The Hall–Kier alpha value is -2.12. The number of hydrogen-bond donors (Lipinski definition) is 2. The molecule has 1 aliphatic heterocycles. The first-order chi connectivity index (χ1) is 13.7. The highest BCUT2D eigenvalue weighted by molar-refractivity contribution is 7.15. The van der Waals surface area contributed by atoms with Gasteiger partial charge in [-0.2, -0.15) is 0 Å². The summed E-state index contributed by atoms with van der Waals surface area (Å²) in [5.74, 6) is 0.870. The molecule has 2 heterocycles. The summed E-state index contributed by atoms with van der Waals surface area (Å²) in [6.07, 6.45) is 6.92. The molecule has 1 aliphatic carbocycles. The predicted octanol–water partition coefficient (Wildman–Crippen LogP) is 3.99. The van der Waals surface area contributed by atoms with Gasteiger partial charge in [0.2, 0.25) is 0 Å². The first-order valence-corrected chi connectivity index (χ1v) is 11.0. The minimum Gasteiger partial charge on any atom is -0.496 e. The van der Waals surface area contributed by atoms with E-state index in [-0.39, 0.29) is 12.1 Å². The maximum Gasteiger partial charge on any atom is 0.321 e. The summed E-state index contributed by atoms with van der Waals surface area (Å²) >= 11 is 1.61. The number of para-hydroxylation sites is 1. The highest BCUT2D eigenvalue weighted by Crippen LogP contribution is 2.32. The fourth-order valence-electron chi connectivity index (χ4n) is 4.17. The molecule has 1 fully saturated rings. The number of ether oxygens (including phenoxy) is 1. The van der Waals surface area contributed by atoms with Gasteiger partial charge >= 0.3 is 6.03 Å². The average Bonchev–Trinajstić information content (AvgIpc) is 3.38. The zero-order valence-electron chi connectivity index (χ0n) is 16.4. The molecule has 2 amide bonds. The van der Waals surface area contributed by atoms with Gasteiger partial charge in [0.05, 0.1) is 18.8 Å². The van der Waals surface area contributed by atoms with Crippen molar-refractivity contribution >= 4 is 22.5 Å². The van der Waals surface area contributed by atoms with Gasteiger partial charge in [0, 0.05) is 17.0 Å². The van der Waals surface area contributed by atoms with Crippen LogP contribution in [-0.4, -0.2) is 42.7 Å². The maximum atomic E-state index is 12.5. The van der Waals surface area contributed by atoms with Gasteiger partial charge in [-0.1, -0.05) is 18.2 Å². The molecule has 2 aliphatic rings. The Labute approximate surface area is 170 Å². The number of carbonyl (C=O) groups excluding carboxylic acids is 1. The molecule has 28 heavy (non-hydrogen) atoms. The van der Waals surface area contributed by atoms with Crippen LogP contribution in [0.2, 0.25) is 0 Å². The van der Waals surface area contributed by atoms with Crippen LogP contribution in [-0.2, 0) is 12.8 Å². The van der Waals surface area contributed by atoms with Crippen molar-refractivity contribution in [3.05, 3.63) is 40.4 Å². The molecule has 1 aromatic heterocycles. The fourth-order valence-corrected chi connectivity index (χ4v) is 5.21. The van der Waals surface area contributed by atoms with Crippen molar-refractivity contribution in [2.24, 2.45) is 0 Å². The van der Waals surface area contributed by atoms with Gasteiger partial charge in [-0.3, -0.25) is 10.2 Å². The number of urea groups is 1. The van der Waals surface area contributed by atoms with E-state index in [1.807, 2.05) is 18.2 Å². The molecule has 2 N–H and O–H groups in total. The number of rotatable bonds is 6. The fraction of sp³-hybridized carbons (Fsp3) is 0.524. The zero-order chi connectivity index (χ0) is 19.3. The third-order valence-electron chi connectivity index (χ3n) is 5.60. The van der Waals surface area contributed by atoms with Crippen LogP contribution in [0, 0.1) is 0 Å². The molecule has 0 spiro atoms. The Morgan fingerprint density at radius 1 is 1.21 bits per heavy atom. The van der Waals surface area contributed by atoms with Crippen LogP contribution in [0.15, 0.2) is 24.3 Å². The molecule has 1 saturated heterocycles. The van der Waals surface area contributed by atoms with E-state index in [9.17, 15) is 4.79 Å². The quantitative estimate of drug-likeness (QED) is 0.769. The summed E-state index contributed by atoms with van der Waals surface area (Å²) in [5.41, 5.74) is 2.28. The third-order valence-corrected chi connectivity index (χ3v) is 6.67. The van der Waals surface area contributed by atoms with Crippen molar-refractivity contribution in [3.8, 4) is 5.75 Å². The van der Waals surface area contributed by atoms with Crippen LogP contribution < -0.4 is 15.4 Å². The first-order valence-electron chi connectivity index (χ1n) is 10.1. The van der Waals surface area contributed by atoms with Crippen LogP contribution in [0.4, 0.5) is 9.93 Å². The number of nitrogens with one attached hydrogen (secondary N) is 2. The van der Waals surface area contributed by atoms with E-state index in [2.05, 4.69) is 26.6 Å². The van der Waals surface area contributed by atoms with Crippen LogP contribution >= 0.6 is 11.3 Å². The molecule has 1 atom stereocenters.